The van der Waals surface area contributed by atoms with E-state index in [1.165, 1.54) is 6.20 Å². The van der Waals surface area contributed by atoms with E-state index in [4.69, 9.17) is 16.1 Å². The van der Waals surface area contributed by atoms with Gasteiger partial charge in [0.05, 0.1) is 15.9 Å². The lowest BCUT2D eigenvalue weighted by Crippen LogP contribution is -2.64. The van der Waals surface area contributed by atoms with Crippen molar-refractivity contribution >= 4 is 46.3 Å². The normalized spacial score (nSPS) is 33.8. The maximum Gasteiger partial charge on any atom is 0.320 e. The molecule has 3 unspecified atom stereocenters. The summed E-state index contributed by atoms with van der Waals surface area (Å²) in [5, 5.41) is 49.0. The second-order valence-electron chi connectivity index (χ2n) is 6.00. The summed E-state index contributed by atoms with van der Waals surface area (Å²) >= 11 is 9.34. The van der Waals surface area contributed by atoms with Crippen LogP contribution in [0, 0.1) is 0 Å². The number of phosphoric ester groups is 1. The molecule has 1 heterocycles. The van der Waals surface area contributed by atoms with Crippen molar-refractivity contribution in [3.8, 4) is 5.75 Å². The Hall–Kier alpha value is -0.720. The average Bonchev–Trinajstić information content (AvgIpc) is 3.01. The van der Waals surface area contributed by atoms with Crippen LogP contribution in [0.5, 0.6) is 5.75 Å². The summed E-state index contributed by atoms with van der Waals surface area (Å²) in [6.45, 7) is 0. The summed E-state index contributed by atoms with van der Waals surface area (Å²) in [7, 11) is -5.20. The minimum atomic E-state index is -5.20. The first-order chi connectivity index (χ1) is 12.5. The minimum Gasteiger partial charge on any atom is -0.746 e. The molecule has 0 saturated heterocycles. The van der Waals surface area contributed by atoms with Gasteiger partial charge in [0.2, 0.25) is 0 Å². The van der Waals surface area contributed by atoms with Gasteiger partial charge in [-0.15, -0.1) is 0 Å². The molecule has 6 N–H and O–H groups in total. The Morgan fingerprint density at radius 1 is 1.07 bits per heavy atom. The average molecular weight is 488 g/mol. The van der Waals surface area contributed by atoms with Crippen molar-refractivity contribution in [2.75, 3.05) is 0 Å². The molecule has 13 heteroatoms. The molecule has 3 rings (SSSR count). The van der Waals surface area contributed by atoms with E-state index in [-0.39, 0.29) is 16.2 Å². The minimum absolute atomic E-state index is 0.176. The third kappa shape index (κ3) is 3.90. The Bertz CT molecular complexity index is 879. The number of aromatic amines is 1. The molecule has 0 aliphatic heterocycles. The van der Waals surface area contributed by atoms with E-state index < -0.39 is 44.4 Å². The number of halogens is 2. The number of H-pyrrole nitrogens is 1. The van der Waals surface area contributed by atoms with E-state index in [2.05, 4.69) is 25.4 Å². The lowest BCUT2D eigenvalue weighted by Gasteiger charge is -2.43. The zero-order valence-electron chi connectivity index (χ0n) is 13.3. The van der Waals surface area contributed by atoms with Crippen LogP contribution in [0.25, 0.3) is 10.9 Å². The molecule has 1 aliphatic carbocycles. The number of phosphoric acid groups is 1. The van der Waals surface area contributed by atoms with Gasteiger partial charge in [-0.2, -0.15) is 0 Å². The highest BCUT2D eigenvalue weighted by Crippen LogP contribution is 2.47. The molecule has 2 aromatic rings. The first-order valence-corrected chi connectivity index (χ1v) is 10.2. The summed E-state index contributed by atoms with van der Waals surface area (Å²) < 4.78 is 22.3. The topological polar surface area (TPSA) is 176 Å². The molecule has 1 aromatic carbocycles. The van der Waals surface area contributed by atoms with Crippen molar-refractivity contribution in [1.29, 1.82) is 0 Å². The summed E-state index contributed by atoms with van der Waals surface area (Å²) in [6, 6.07) is 3.26. The van der Waals surface area contributed by atoms with Gasteiger partial charge in [-0.1, -0.05) is 11.6 Å². The van der Waals surface area contributed by atoms with E-state index in [1.54, 1.807) is 12.1 Å². The second kappa shape index (κ2) is 7.60. The molecule has 1 saturated carbocycles. The number of nitrogens with one attached hydrogen (secondary N) is 1. The summed E-state index contributed by atoms with van der Waals surface area (Å²) in [6.07, 6.45) is -10.5. The fraction of sp³-hybridized carbons (Fsp3) is 0.429. The molecule has 1 aromatic heterocycles. The number of hydrogen-bond donors (Lipinski definition) is 6. The van der Waals surface area contributed by atoms with Crippen molar-refractivity contribution in [3.05, 3.63) is 27.8 Å². The summed E-state index contributed by atoms with van der Waals surface area (Å²) in [5.41, 5.74) is 0.477. The number of benzene rings is 1. The number of aromatic nitrogens is 1. The van der Waals surface area contributed by atoms with Gasteiger partial charge in [0, 0.05) is 10.7 Å². The van der Waals surface area contributed by atoms with Crippen LogP contribution in [0.1, 0.15) is 0 Å². The van der Waals surface area contributed by atoms with Crippen LogP contribution in [-0.2, 0) is 9.09 Å². The standard InChI is InChI=1S/C14H16BrClNO9P/c15-4-1-2-5-7(8(4)16)6(3-17-5)25-27(23,24)26-14-12(21)10(19)9(18)11(20)13(14)22/h1-3,9-14,17-22H,(H,23,24)/p-1/t9?,10-,11+,12-,13-,14?/m0/s1. The molecule has 10 nitrogen and oxygen atoms in total. The smallest absolute Gasteiger partial charge is 0.320 e. The summed E-state index contributed by atoms with van der Waals surface area (Å²) in [4.78, 5) is 15.0. The van der Waals surface area contributed by atoms with Gasteiger partial charge in [-0.3, -0.25) is 4.57 Å². The first-order valence-electron chi connectivity index (χ1n) is 7.58. The molecule has 150 valence electrons. The lowest BCUT2D eigenvalue weighted by atomic mass is 9.85. The zero-order chi connectivity index (χ0) is 20.1. The molecule has 1 aliphatic rings. The van der Waals surface area contributed by atoms with E-state index in [0.717, 1.165) is 0 Å². The Labute approximate surface area is 165 Å². The van der Waals surface area contributed by atoms with Gasteiger partial charge < -0.3 is 44.5 Å². The molecule has 27 heavy (non-hydrogen) atoms. The van der Waals surface area contributed by atoms with Crippen molar-refractivity contribution in [3.63, 3.8) is 0 Å². The third-order valence-electron chi connectivity index (χ3n) is 4.23. The highest BCUT2D eigenvalue weighted by molar-refractivity contribution is 9.10. The highest BCUT2D eigenvalue weighted by Gasteiger charge is 2.50. The lowest BCUT2D eigenvalue weighted by molar-refractivity contribution is -0.255. The zero-order valence-corrected chi connectivity index (χ0v) is 16.5. The second-order valence-corrected chi connectivity index (χ2v) is 8.52. The van der Waals surface area contributed by atoms with Gasteiger partial charge >= 0.3 is 7.82 Å². The molecular weight excluding hydrogens is 472 g/mol. The van der Waals surface area contributed by atoms with E-state index >= 15 is 0 Å². The Morgan fingerprint density at radius 2 is 1.63 bits per heavy atom. The highest BCUT2D eigenvalue weighted by atomic mass is 79.9. The van der Waals surface area contributed by atoms with Gasteiger partial charge in [-0.25, -0.2) is 0 Å². The molecule has 0 amide bonds. The number of hydrogen-bond acceptors (Lipinski definition) is 9. The predicted molar refractivity (Wildman–Crippen MR) is 94.2 cm³/mol. The van der Waals surface area contributed by atoms with Crippen molar-refractivity contribution in [1.82, 2.24) is 4.98 Å². The number of aliphatic hydroxyl groups excluding tert-OH is 5. The largest absolute Gasteiger partial charge is 0.746 e. The quantitative estimate of drug-likeness (QED) is 0.314. The number of rotatable bonds is 4. The SMILES string of the molecule is O=P([O-])(Oc1c[nH]c2ccc(Br)c(Cl)c12)OC1[C@@H](O)[C@H](O)C(O)[C@H](O)[C@@H]1O. The monoisotopic (exact) mass is 486 g/mol. The number of aliphatic hydroxyl groups is 5. The Kier molecular flexibility index (Phi) is 5.91. The van der Waals surface area contributed by atoms with E-state index in [9.17, 15) is 35.0 Å². The third-order valence-corrected chi connectivity index (χ3v) is 6.44. The van der Waals surface area contributed by atoms with Crippen LogP contribution in [-0.4, -0.2) is 67.1 Å². The van der Waals surface area contributed by atoms with Gasteiger partial charge in [-0.05, 0) is 28.1 Å². The van der Waals surface area contributed by atoms with Crippen LogP contribution >= 0.6 is 35.4 Å². The maximum atomic E-state index is 12.3. The molecule has 0 bridgehead atoms. The fourth-order valence-corrected chi connectivity index (χ4v) is 4.38. The fourth-order valence-electron chi connectivity index (χ4n) is 2.81. The van der Waals surface area contributed by atoms with Crippen molar-refractivity contribution < 1.29 is 44.0 Å². The van der Waals surface area contributed by atoms with Crippen LogP contribution < -0.4 is 9.42 Å². The predicted octanol–water partition coefficient (Wildman–Crippen LogP) is -0.366. The van der Waals surface area contributed by atoms with Crippen LogP contribution in [0.4, 0.5) is 0 Å². The molecule has 0 spiro atoms. The Morgan fingerprint density at radius 3 is 2.22 bits per heavy atom. The van der Waals surface area contributed by atoms with Gasteiger partial charge in [0.15, 0.2) is 5.75 Å². The van der Waals surface area contributed by atoms with E-state index in [0.29, 0.717) is 9.99 Å². The molecule has 1 fully saturated rings. The maximum absolute atomic E-state index is 12.3. The van der Waals surface area contributed by atoms with Crippen molar-refractivity contribution in [2.45, 2.75) is 36.6 Å². The van der Waals surface area contributed by atoms with E-state index in [1.807, 2.05) is 0 Å². The van der Waals surface area contributed by atoms with Crippen molar-refractivity contribution in [2.24, 2.45) is 0 Å². The van der Waals surface area contributed by atoms with Crippen LogP contribution in [0.2, 0.25) is 5.02 Å². The van der Waals surface area contributed by atoms with Gasteiger partial charge in [0.1, 0.15) is 36.6 Å². The molecule has 0 radical (unpaired) electrons. The Balaban J connectivity index is 1.86. The van der Waals surface area contributed by atoms with Crippen LogP contribution in [0.15, 0.2) is 22.8 Å². The molecule has 7 atom stereocenters. The number of fused-ring (bicyclic) bond motifs is 1. The summed E-state index contributed by atoms with van der Waals surface area (Å²) in [5.74, 6) is -0.199. The van der Waals surface area contributed by atoms with Crippen LogP contribution in [0.3, 0.4) is 0 Å². The van der Waals surface area contributed by atoms with Gasteiger partial charge in [0.25, 0.3) is 0 Å². The first kappa shape index (κ1) is 21.0. The molecular formula is C14H15BrClNO9P-.